The molecule has 19 heavy (non-hydrogen) atoms. The van der Waals surface area contributed by atoms with Gasteiger partial charge in [-0.1, -0.05) is 0 Å². The number of hydrogen-bond donors (Lipinski definition) is 0. The third kappa shape index (κ3) is 3.24. The van der Waals surface area contributed by atoms with Crippen molar-refractivity contribution in [1.29, 1.82) is 0 Å². The number of alkyl halides is 9. The minimum Gasteiger partial charge on any atom is -0.252 e. The normalized spacial score (nSPS) is 15.9. The maximum absolute atomic E-state index is 12.0. The van der Waals surface area contributed by atoms with Gasteiger partial charge in [0.2, 0.25) is 0 Å². The Morgan fingerprint density at radius 2 is 0.789 bits per heavy atom. The van der Waals surface area contributed by atoms with E-state index in [4.69, 9.17) is 0 Å². The van der Waals surface area contributed by atoms with Gasteiger partial charge in [-0.2, -0.15) is 26.3 Å². The first-order valence-electron chi connectivity index (χ1n) is 3.43. The van der Waals surface area contributed by atoms with E-state index in [2.05, 4.69) is 0 Å². The summed E-state index contributed by atoms with van der Waals surface area (Å²) in [5.41, 5.74) is -13.7. The molecule has 0 aliphatic heterocycles. The van der Waals surface area contributed by atoms with Crippen LogP contribution in [0.2, 0.25) is 0 Å². The molecule has 0 heterocycles. The van der Waals surface area contributed by atoms with Gasteiger partial charge in [-0.3, -0.25) is 16.8 Å². The van der Waals surface area contributed by atoms with Gasteiger partial charge in [-0.15, -0.1) is 0 Å². The molecule has 0 aromatic rings. The van der Waals surface area contributed by atoms with Gasteiger partial charge in [0, 0.05) is 4.58 Å². The van der Waals surface area contributed by atoms with Gasteiger partial charge in [0.05, 0.1) is 0 Å². The molecule has 15 heteroatoms. The van der Waals surface area contributed by atoms with Crippen molar-refractivity contribution < 1.29 is 56.3 Å². The number of hydrogen-bond acceptors (Lipinski definition) is 4. The van der Waals surface area contributed by atoms with Crippen molar-refractivity contribution in [3.05, 3.63) is 4.58 Å². The van der Waals surface area contributed by atoms with Crippen LogP contribution in [0.4, 0.5) is 39.5 Å². The van der Waals surface area contributed by atoms with Gasteiger partial charge in [0.25, 0.3) is 6.18 Å². The fourth-order valence-corrected chi connectivity index (χ4v) is 3.41. The topological polar surface area (TPSA) is 68.3 Å². The molecule has 0 N–H and O–H groups in total. The Balaban J connectivity index is 6.41. The van der Waals surface area contributed by atoms with Gasteiger partial charge >= 0.3 is 11.0 Å². The average Bonchev–Trinajstić information content (AvgIpc) is 1.93. The second kappa shape index (κ2) is 4.39. The van der Waals surface area contributed by atoms with Crippen LogP contribution in [0.15, 0.2) is 0 Å². The second-order valence-electron chi connectivity index (χ2n) is 2.68. The van der Waals surface area contributed by atoms with E-state index >= 15 is 0 Å². The molecule has 0 aliphatic carbocycles. The van der Waals surface area contributed by atoms with Crippen molar-refractivity contribution >= 4 is 19.7 Å². The van der Waals surface area contributed by atoms with E-state index in [0.717, 1.165) is 0 Å². The summed E-state index contributed by atoms with van der Waals surface area (Å²) in [5, 5.41) is 0. The van der Waals surface area contributed by atoms with Crippen molar-refractivity contribution in [3.8, 4) is 0 Å². The number of rotatable bonds is 2. The molecule has 0 atom stereocenters. The molecule has 0 fully saturated rings. The standard InChI is InChI=1S/C4F9O4S2/c5-2(6,7)1(18(14,15)3(8,9)10)19(16,17)4(11,12)13/q-1. The Morgan fingerprint density at radius 1 is 0.579 bits per heavy atom. The van der Waals surface area contributed by atoms with Crippen LogP contribution < -0.4 is 0 Å². The predicted molar refractivity (Wildman–Crippen MR) is 39.2 cm³/mol. The summed E-state index contributed by atoms with van der Waals surface area (Å²) in [7, 11) is -15.5. The molecule has 0 unspecified atom stereocenters. The summed E-state index contributed by atoms with van der Waals surface area (Å²) in [6.07, 6.45) is -6.90. The molecule has 0 saturated heterocycles. The second-order valence-corrected chi connectivity index (χ2v) is 6.70. The average molecular weight is 347 g/mol. The van der Waals surface area contributed by atoms with Gasteiger partial charge in [-0.25, -0.2) is 13.2 Å². The molecule has 0 amide bonds. The predicted octanol–water partition coefficient (Wildman–Crippen LogP) is 1.91. The quantitative estimate of drug-likeness (QED) is 0.565. The molecule has 0 aromatic carbocycles. The molecule has 0 saturated carbocycles. The zero-order chi connectivity index (χ0) is 16.1. The van der Waals surface area contributed by atoms with E-state index in [1.54, 1.807) is 0 Å². The molecule has 0 rings (SSSR count). The highest BCUT2D eigenvalue weighted by atomic mass is 32.3. The fraction of sp³-hybridized carbons (Fsp3) is 0.750. The lowest BCUT2D eigenvalue weighted by molar-refractivity contribution is -0.103. The highest BCUT2D eigenvalue weighted by Crippen LogP contribution is 2.48. The van der Waals surface area contributed by atoms with Gasteiger partial charge < -0.3 is 0 Å². The Morgan fingerprint density at radius 3 is 0.895 bits per heavy atom. The third-order valence-corrected chi connectivity index (χ3v) is 5.30. The molecule has 0 aliphatic rings. The van der Waals surface area contributed by atoms with Crippen LogP contribution in [-0.4, -0.2) is 34.0 Å². The first-order valence-corrected chi connectivity index (χ1v) is 6.40. The summed E-state index contributed by atoms with van der Waals surface area (Å²) in [6.45, 7) is 0. The van der Waals surface area contributed by atoms with Crippen LogP contribution in [0.5, 0.6) is 0 Å². The van der Waals surface area contributed by atoms with E-state index in [0.29, 0.717) is 0 Å². The van der Waals surface area contributed by atoms with Gasteiger partial charge in [0.1, 0.15) is 19.7 Å². The highest BCUT2D eigenvalue weighted by molar-refractivity contribution is 8.13. The van der Waals surface area contributed by atoms with Crippen molar-refractivity contribution in [1.82, 2.24) is 0 Å². The summed E-state index contributed by atoms with van der Waals surface area (Å²) < 4.78 is 143. The lowest BCUT2D eigenvalue weighted by atomic mass is 10.8. The molecule has 116 valence electrons. The third-order valence-electron chi connectivity index (χ3n) is 1.33. The first-order chi connectivity index (χ1) is 7.87. The Bertz CT molecular complexity index is 488. The molecule has 0 aromatic heterocycles. The summed E-state index contributed by atoms with van der Waals surface area (Å²) in [5.74, 6) is 0. The van der Waals surface area contributed by atoms with Gasteiger partial charge in [-0.05, 0) is 0 Å². The molecule has 0 spiro atoms. The Kier molecular flexibility index (Phi) is 4.22. The SMILES string of the molecule is O=S(=O)([C-](C(F)(F)F)S(=O)(=O)C(F)(F)F)C(F)(F)F. The van der Waals surface area contributed by atoms with Crippen molar-refractivity contribution in [2.45, 2.75) is 17.2 Å². The minimum absolute atomic E-state index is 4.62. The molecule has 0 radical (unpaired) electrons. The molecule has 4 nitrogen and oxygen atoms in total. The molecule has 0 bridgehead atoms. The van der Waals surface area contributed by atoms with E-state index in [-0.39, 0.29) is 0 Å². The maximum Gasteiger partial charge on any atom is 0.470 e. The first kappa shape index (κ1) is 18.3. The largest absolute Gasteiger partial charge is 0.470 e. The van der Waals surface area contributed by atoms with Crippen LogP contribution in [0.1, 0.15) is 0 Å². The van der Waals surface area contributed by atoms with Crippen molar-refractivity contribution in [2.24, 2.45) is 0 Å². The van der Waals surface area contributed by atoms with E-state index in [9.17, 15) is 56.3 Å². The highest BCUT2D eigenvalue weighted by Gasteiger charge is 2.61. The van der Waals surface area contributed by atoms with Gasteiger partial charge in [0.15, 0.2) is 0 Å². The zero-order valence-corrected chi connectivity index (χ0v) is 9.48. The maximum atomic E-state index is 12.0. The lowest BCUT2D eigenvalue weighted by Crippen LogP contribution is -2.46. The molecular weight excluding hydrogens is 347 g/mol. The number of sulfone groups is 2. The monoisotopic (exact) mass is 347 g/mol. The summed E-state index contributed by atoms with van der Waals surface area (Å²) >= 11 is 0. The fourth-order valence-electron chi connectivity index (χ4n) is 0.659. The number of halogens is 9. The van der Waals surface area contributed by atoms with E-state index < -0.39 is 41.4 Å². The van der Waals surface area contributed by atoms with Crippen molar-refractivity contribution in [2.75, 3.05) is 0 Å². The lowest BCUT2D eigenvalue weighted by Gasteiger charge is -2.33. The van der Waals surface area contributed by atoms with Crippen LogP contribution in [-0.2, 0) is 19.7 Å². The minimum atomic E-state index is -7.75. The summed E-state index contributed by atoms with van der Waals surface area (Å²) in [6, 6.07) is 0. The van der Waals surface area contributed by atoms with Crippen LogP contribution in [0.25, 0.3) is 0 Å². The van der Waals surface area contributed by atoms with E-state index in [1.807, 2.05) is 0 Å². The van der Waals surface area contributed by atoms with E-state index in [1.165, 1.54) is 0 Å². The van der Waals surface area contributed by atoms with Crippen LogP contribution >= 0.6 is 0 Å². The Hall–Kier alpha value is -0.730. The zero-order valence-electron chi connectivity index (χ0n) is 7.85. The van der Waals surface area contributed by atoms with Crippen LogP contribution in [0, 0.1) is 4.58 Å². The molecular formula is C4F9O4S2-. The van der Waals surface area contributed by atoms with Crippen molar-refractivity contribution in [3.63, 3.8) is 0 Å². The van der Waals surface area contributed by atoms with Crippen LogP contribution in [0.3, 0.4) is 0 Å². The smallest absolute Gasteiger partial charge is 0.252 e. The summed E-state index contributed by atoms with van der Waals surface area (Å²) in [4.78, 5) is 0. The Labute approximate surface area is 98.6 Å².